The summed E-state index contributed by atoms with van der Waals surface area (Å²) < 4.78 is 3.75. The summed E-state index contributed by atoms with van der Waals surface area (Å²) in [5, 5.41) is 30.4. The first kappa shape index (κ1) is 36.7. The molecule has 0 unspecified atom stereocenters. The van der Waals surface area contributed by atoms with Crippen LogP contribution in [0, 0.1) is 45.9 Å². The van der Waals surface area contributed by atoms with Gasteiger partial charge in [0, 0.05) is 11.1 Å². The Balaban J connectivity index is 1.35. The predicted molar refractivity (Wildman–Crippen MR) is 230 cm³/mol. The summed E-state index contributed by atoms with van der Waals surface area (Å²) in [5.74, 6) is 1.50. The number of hydrogen-bond acceptors (Lipinski definition) is 11. The Hall–Kier alpha value is -6.29. The smallest absolute Gasteiger partial charge is 0.213 e. The second-order valence-corrected chi connectivity index (χ2v) is 16.9. The Morgan fingerprint density at radius 3 is 1.93 bits per heavy atom. The van der Waals surface area contributed by atoms with Gasteiger partial charge in [0.2, 0.25) is 5.13 Å². The lowest BCUT2D eigenvalue weighted by molar-refractivity contribution is 0.559. The molecule has 4 aromatic heterocycles. The minimum Gasteiger partial charge on any atom is -0.338 e. The highest BCUT2D eigenvalue weighted by Gasteiger charge is 2.30. The van der Waals surface area contributed by atoms with Crippen molar-refractivity contribution in [3.63, 3.8) is 0 Å². The average molecular weight is 773 g/mol. The largest absolute Gasteiger partial charge is 0.338 e. The van der Waals surface area contributed by atoms with Crippen LogP contribution in [0.5, 0.6) is 0 Å². The molecule has 10 nitrogen and oxygen atoms in total. The van der Waals surface area contributed by atoms with Crippen LogP contribution in [0.2, 0.25) is 0 Å². The van der Waals surface area contributed by atoms with E-state index in [-0.39, 0.29) is 0 Å². The first-order chi connectivity index (χ1) is 26.9. The number of benzene rings is 4. The molecule has 4 heterocycles. The summed E-state index contributed by atoms with van der Waals surface area (Å²) in [6.07, 6.45) is 0. The van der Waals surface area contributed by atoms with Crippen molar-refractivity contribution < 1.29 is 0 Å². The molecule has 56 heavy (non-hydrogen) atoms. The number of pyridine rings is 1. The van der Waals surface area contributed by atoms with Crippen LogP contribution in [-0.2, 0) is 5.41 Å². The molecular weight excluding hydrogens is 733 g/mol. The summed E-state index contributed by atoms with van der Waals surface area (Å²) in [7, 11) is 0. The topological polar surface area (TPSA) is 120 Å². The lowest BCUT2D eigenvalue weighted by Crippen LogP contribution is -2.15. The highest BCUT2D eigenvalue weighted by molar-refractivity contribution is 7.22. The summed E-state index contributed by atoms with van der Waals surface area (Å²) >= 11 is 3.11. The Labute approximate surface area is 333 Å². The first-order valence-electron chi connectivity index (χ1n) is 18.3. The summed E-state index contributed by atoms with van der Waals surface area (Å²) in [5.41, 5.74) is 9.91. The van der Waals surface area contributed by atoms with E-state index < -0.39 is 5.41 Å². The van der Waals surface area contributed by atoms with Gasteiger partial charge in [-0.1, -0.05) is 104 Å². The van der Waals surface area contributed by atoms with E-state index in [0.717, 1.165) is 64.8 Å². The van der Waals surface area contributed by atoms with Crippen LogP contribution in [0.4, 0.5) is 39.6 Å². The SMILES string of the molecule is Cc1cc(N(c2nc3ccccc3s2)c2c(C)cccc2C)nc(Nc2c(C)cccc2C)c1N=Nc1c(C#N)c(C(C)(C)C)nn1-c1nc2ccccc2s1. The summed E-state index contributed by atoms with van der Waals surface area (Å²) in [6, 6.07) is 33.0. The van der Waals surface area contributed by atoms with E-state index in [2.05, 4.69) is 80.4 Å². The number of aryl methyl sites for hydroxylation is 5. The van der Waals surface area contributed by atoms with Gasteiger partial charge in [-0.05, 0) is 92.8 Å². The molecule has 8 aromatic rings. The molecule has 0 bridgehead atoms. The summed E-state index contributed by atoms with van der Waals surface area (Å²) in [6.45, 7) is 16.5. The highest BCUT2D eigenvalue weighted by Crippen LogP contribution is 2.45. The van der Waals surface area contributed by atoms with Crippen LogP contribution in [-0.4, -0.2) is 24.7 Å². The van der Waals surface area contributed by atoms with Gasteiger partial charge in [0.25, 0.3) is 0 Å². The first-order valence-corrected chi connectivity index (χ1v) is 19.9. The van der Waals surface area contributed by atoms with Crippen molar-refractivity contribution in [1.29, 1.82) is 5.26 Å². The van der Waals surface area contributed by atoms with Gasteiger partial charge in [-0.2, -0.15) is 15.0 Å². The maximum atomic E-state index is 10.6. The number of para-hydroxylation sites is 4. The minimum atomic E-state index is -0.441. The van der Waals surface area contributed by atoms with Crippen LogP contribution in [0.1, 0.15) is 59.8 Å². The van der Waals surface area contributed by atoms with E-state index in [9.17, 15) is 5.26 Å². The van der Waals surface area contributed by atoms with Gasteiger partial charge in [0.1, 0.15) is 23.1 Å². The van der Waals surface area contributed by atoms with E-state index in [1.807, 2.05) is 82.3 Å². The molecule has 0 amide bonds. The van der Waals surface area contributed by atoms with Gasteiger partial charge < -0.3 is 5.32 Å². The lowest BCUT2D eigenvalue weighted by Gasteiger charge is -2.26. The Kier molecular flexibility index (Phi) is 9.44. The summed E-state index contributed by atoms with van der Waals surface area (Å²) in [4.78, 5) is 17.5. The van der Waals surface area contributed by atoms with Crippen molar-refractivity contribution in [3.8, 4) is 11.2 Å². The molecule has 0 saturated carbocycles. The lowest BCUT2D eigenvalue weighted by atomic mass is 9.90. The molecule has 0 saturated heterocycles. The van der Waals surface area contributed by atoms with Gasteiger partial charge in [0.15, 0.2) is 16.8 Å². The molecule has 8 rings (SSSR count). The molecule has 0 aliphatic rings. The molecule has 0 fully saturated rings. The van der Waals surface area contributed by atoms with Crippen molar-refractivity contribution in [2.45, 2.75) is 60.8 Å². The Morgan fingerprint density at radius 1 is 0.714 bits per heavy atom. The quantitative estimate of drug-likeness (QED) is 0.153. The third-order valence-corrected chi connectivity index (χ3v) is 11.7. The number of fused-ring (bicyclic) bond motifs is 2. The zero-order chi connectivity index (χ0) is 39.3. The molecule has 0 aliphatic heterocycles. The minimum absolute atomic E-state index is 0.310. The zero-order valence-electron chi connectivity index (χ0n) is 32.5. The molecule has 0 aliphatic carbocycles. The number of nitrogens with zero attached hydrogens (tertiary/aromatic N) is 9. The zero-order valence-corrected chi connectivity index (χ0v) is 34.1. The maximum absolute atomic E-state index is 10.6. The van der Waals surface area contributed by atoms with Crippen LogP contribution < -0.4 is 10.2 Å². The molecule has 12 heteroatoms. The van der Waals surface area contributed by atoms with Crippen molar-refractivity contribution in [2.24, 2.45) is 10.2 Å². The number of hydrogen-bond donors (Lipinski definition) is 1. The van der Waals surface area contributed by atoms with Gasteiger partial charge in [-0.25, -0.2) is 15.0 Å². The molecule has 0 atom stereocenters. The highest BCUT2D eigenvalue weighted by atomic mass is 32.1. The number of rotatable bonds is 8. The van der Waals surface area contributed by atoms with E-state index >= 15 is 0 Å². The van der Waals surface area contributed by atoms with Gasteiger partial charge in [-0.15, -0.1) is 10.2 Å². The Bertz CT molecular complexity index is 2760. The van der Waals surface area contributed by atoms with Crippen LogP contribution in [0.3, 0.4) is 0 Å². The third-order valence-electron chi connectivity index (χ3n) is 9.65. The fraction of sp³-hybridized carbons (Fsp3) is 0.205. The average Bonchev–Trinajstić information content (AvgIpc) is 3.89. The molecule has 0 spiro atoms. The number of anilines is 5. The van der Waals surface area contributed by atoms with E-state index in [1.165, 1.54) is 11.3 Å². The van der Waals surface area contributed by atoms with Crippen LogP contribution >= 0.6 is 22.7 Å². The molecule has 278 valence electrons. The second-order valence-electron chi connectivity index (χ2n) is 14.9. The fourth-order valence-corrected chi connectivity index (χ4v) is 8.74. The standard InChI is InChI=1S/C44H40N10S2/c1-25-15-13-16-26(2)36(25)49-40-37(50-51-41-30(24-45)39(44(6,7)8)52-54(41)43-47-32-20-10-12-22-34(32)56-43)29(5)23-35(48-40)53(38-27(3)17-14-18-28(38)4)42-46-31-19-9-11-21-33(31)55-42/h9-23H,1-8H3,(H,48,49). The number of azo groups is 1. The monoisotopic (exact) mass is 772 g/mol. The number of thiazole rings is 2. The fourth-order valence-electron chi connectivity index (χ4n) is 6.84. The van der Waals surface area contributed by atoms with Crippen molar-refractivity contribution in [1.82, 2.24) is 24.7 Å². The van der Waals surface area contributed by atoms with E-state index in [0.29, 0.717) is 39.5 Å². The normalized spacial score (nSPS) is 11.8. The van der Waals surface area contributed by atoms with Crippen molar-refractivity contribution >= 4 is 82.8 Å². The Morgan fingerprint density at radius 2 is 1.32 bits per heavy atom. The van der Waals surface area contributed by atoms with Gasteiger partial charge in [0.05, 0.1) is 31.8 Å². The van der Waals surface area contributed by atoms with Crippen molar-refractivity contribution in [2.75, 3.05) is 10.2 Å². The van der Waals surface area contributed by atoms with Crippen molar-refractivity contribution in [3.05, 3.63) is 130 Å². The number of nitrogens with one attached hydrogen (secondary N) is 1. The number of nitriles is 1. The van der Waals surface area contributed by atoms with E-state index in [4.69, 9.17) is 30.3 Å². The predicted octanol–water partition coefficient (Wildman–Crippen LogP) is 12.8. The van der Waals surface area contributed by atoms with E-state index in [1.54, 1.807) is 16.0 Å². The maximum Gasteiger partial charge on any atom is 0.213 e. The van der Waals surface area contributed by atoms with Crippen LogP contribution in [0.25, 0.3) is 25.6 Å². The molecule has 1 N–H and O–H groups in total. The second kappa shape index (κ2) is 14.4. The van der Waals surface area contributed by atoms with Gasteiger partial charge >= 0.3 is 0 Å². The molecular formula is C44H40N10S2. The molecule has 4 aromatic carbocycles. The third kappa shape index (κ3) is 6.69. The number of aromatic nitrogens is 5. The van der Waals surface area contributed by atoms with Gasteiger partial charge in [-0.3, -0.25) is 4.90 Å². The molecule has 0 radical (unpaired) electrons. The van der Waals surface area contributed by atoms with Crippen LogP contribution in [0.15, 0.2) is 101 Å².